The summed E-state index contributed by atoms with van der Waals surface area (Å²) in [7, 11) is 4.03. The predicted octanol–water partition coefficient (Wildman–Crippen LogP) is 2.11. The smallest absolute Gasteiger partial charge is 0.213 e. The van der Waals surface area contributed by atoms with Crippen LogP contribution < -0.4 is 14.6 Å². The Kier molecular flexibility index (Phi) is 4.80. The third kappa shape index (κ3) is 3.86. The van der Waals surface area contributed by atoms with Gasteiger partial charge in [-0.3, -0.25) is 0 Å². The predicted molar refractivity (Wildman–Crippen MR) is 98.8 cm³/mol. The molecule has 0 aliphatic rings. The normalized spacial score (nSPS) is 11.1. The second kappa shape index (κ2) is 7.18. The maximum atomic E-state index is 10.9. The van der Waals surface area contributed by atoms with Crippen LogP contribution in [0.2, 0.25) is 0 Å². The van der Waals surface area contributed by atoms with Gasteiger partial charge in [-0.2, -0.15) is 4.57 Å². The number of benzene rings is 2. The topological polar surface area (TPSA) is 47.2 Å². The molecule has 0 fully saturated rings. The molecule has 1 aromatic heterocycles. The van der Waals surface area contributed by atoms with Gasteiger partial charge in [0, 0.05) is 31.9 Å². The van der Waals surface area contributed by atoms with Crippen LogP contribution in [0.4, 0.5) is 5.69 Å². The number of anilines is 1. The van der Waals surface area contributed by atoms with Gasteiger partial charge in [-0.25, -0.2) is 0 Å². The summed E-state index contributed by atoms with van der Waals surface area (Å²) in [5, 5.41) is 11.9. The monoisotopic (exact) mass is 332 g/mol. The molecule has 25 heavy (non-hydrogen) atoms. The van der Waals surface area contributed by atoms with E-state index in [1.807, 2.05) is 44.4 Å². The highest BCUT2D eigenvalue weighted by atomic mass is 16.4. The molecule has 0 N–H and O–H groups in total. The van der Waals surface area contributed by atoms with E-state index < -0.39 is 5.97 Å². The third-order valence-electron chi connectivity index (χ3n) is 4.12. The van der Waals surface area contributed by atoms with E-state index in [1.165, 1.54) is 0 Å². The molecule has 4 heteroatoms. The minimum Gasteiger partial charge on any atom is -0.544 e. The van der Waals surface area contributed by atoms with Gasteiger partial charge in [-0.05, 0) is 29.3 Å². The number of pyridine rings is 1. The molecule has 126 valence electrons. The molecule has 0 radical (unpaired) electrons. The zero-order valence-electron chi connectivity index (χ0n) is 14.3. The van der Waals surface area contributed by atoms with Crippen LogP contribution in [-0.2, 0) is 11.3 Å². The van der Waals surface area contributed by atoms with E-state index in [0.29, 0.717) is 0 Å². The van der Waals surface area contributed by atoms with E-state index in [0.717, 1.165) is 27.7 Å². The van der Waals surface area contributed by atoms with Crippen LogP contribution in [0.15, 0.2) is 60.8 Å². The molecule has 0 saturated carbocycles. The number of fused-ring (bicyclic) bond motifs is 1. The van der Waals surface area contributed by atoms with Crippen molar-refractivity contribution in [2.45, 2.75) is 6.54 Å². The molecule has 0 unspecified atom stereocenters. The molecule has 0 aliphatic carbocycles. The summed E-state index contributed by atoms with van der Waals surface area (Å²) in [6, 6.07) is 18.0. The fourth-order valence-corrected chi connectivity index (χ4v) is 2.80. The van der Waals surface area contributed by atoms with Crippen molar-refractivity contribution in [2.75, 3.05) is 19.0 Å². The Labute approximate surface area is 147 Å². The van der Waals surface area contributed by atoms with Crippen molar-refractivity contribution in [2.24, 2.45) is 0 Å². The first-order chi connectivity index (χ1) is 12.0. The van der Waals surface area contributed by atoms with Crippen LogP contribution in [0.1, 0.15) is 11.1 Å². The largest absolute Gasteiger partial charge is 0.544 e. The van der Waals surface area contributed by atoms with Gasteiger partial charge in [0.2, 0.25) is 5.52 Å². The first kappa shape index (κ1) is 16.7. The minimum absolute atomic E-state index is 0.156. The van der Waals surface area contributed by atoms with Crippen LogP contribution in [0, 0.1) is 0 Å². The van der Waals surface area contributed by atoms with Crippen molar-refractivity contribution in [3.63, 3.8) is 0 Å². The summed E-state index contributed by atoms with van der Waals surface area (Å²) in [6.07, 6.45) is 5.90. The van der Waals surface area contributed by atoms with Crippen molar-refractivity contribution in [3.8, 4) is 0 Å². The molecular formula is C21H20N2O2. The Morgan fingerprint density at radius 1 is 1.04 bits per heavy atom. The molecule has 0 amide bonds. The third-order valence-corrected chi connectivity index (χ3v) is 4.12. The molecule has 0 saturated heterocycles. The van der Waals surface area contributed by atoms with E-state index in [2.05, 4.69) is 41.3 Å². The van der Waals surface area contributed by atoms with Gasteiger partial charge >= 0.3 is 0 Å². The number of para-hydroxylation sites is 1. The molecule has 4 nitrogen and oxygen atoms in total. The van der Waals surface area contributed by atoms with E-state index in [9.17, 15) is 9.90 Å². The number of aliphatic carboxylic acids is 1. The van der Waals surface area contributed by atoms with Gasteiger partial charge in [0.25, 0.3) is 0 Å². The van der Waals surface area contributed by atoms with E-state index >= 15 is 0 Å². The number of carbonyl (C=O) groups is 1. The second-order valence-corrected chi connectivity index (χ2v) is 6.11. The SMILES string of the molecule is CN(C)c1ccc(/C=C\c2cc[n+](CC(=O)[O-])c3ccccc23)cc1. The minimum atomic E-state index is -1.10. The number of carboxylic acid groups (broad SMARTS) is 1. The van der Waals surface area contributed by atoms with E-state index in [4.69, 9.17) is 0 Å². The lowest BCUT2D eigenvalue weighted by Gasteiger charge is -2.11. The van der Waals surface area contributed by atoms with Gasteiger partial charge < -0.3 is 14.8 Å². The molecule has 0 bridgehead atoms. The molecular weight excluding hydrogens is 312 g/mol. The van der Waals surface area contributed by atoms with Gasteiger partial charge in [-0.15, -0.1) is 0 Å². The maximum Gasteiger partial charge on any atom is 0.213 e. The van der Waals surface area contributed by atoms with Crippen LogP contribution >= 0.6 is 0 Å². The average molecular weight is 332 g/mol. The van der Waals surface area contributed by atoms with Crippen LogP contribution in [0.5, 0.6) is 0 Å². The lowest BCUT2D eigenvalue weighted by molar-refractivity contribution is -0.665. The number of nitrogens with zero attached hydrogens (tertiary/aromatic N) is 2. The van der Waals surface area contributed by atoms with Crippen molar-refractivity contribution in [1.29, 1.82) is 0 Å². The first-order valence-electron chi connectivity index (χ1n) is 8.11. The van der Waals surface area contributed by atoms with Crippen molar-refractivity contribution >= 4 is 34.7 Å². The highest BCUT2D eigenvalue weighted by Gasteiger charge is 2.10. The Morgan fingerprint density at radius 2 is 1.76 bits per heavy atom. The van der Waals surface area contributed by atoms with Gasteiger partial charge in [-0.1, -0.05) is 36.4 Å². The molecule has 0 spiro atoms. The van der Waals surface area contributed by atoms with Crippen molar-refractivity contribution < 1.29 is 14.5 Å². The van der Waals surface area contributed by atoms with Crippen LogP contribution in [-0.4, -0.2) is 20.1 Å². The zero-order valence-corrected chi connectivity index (χ0v) is 14.3. The fraction of sp³-hybridized carbons (Fsp3) is 0.143. The molecule has 3 aromatic rings. The van der Waals surface area contributed by atoms with E-state index in [1.54, 1.807) is 10.8 Å². The average Bonchev–Trinajstić information content (AvgIpc) is 2.61. The van der Waals surface area contributed by atoms with E-state index in [-0.39, 0.29) is 6.54 Å². The molecule has 3 rings (SSSR count). The number of rotatable bonds is 5. The summed E-state index contributed by atoms with van der Waals surface area (Å²) in [4.78, 5) is 13.0. The first-order valence-corrected chi connectivity index (χ1v) is 8.11. The van der Waals surface area contributed by atoms with Gasteiger partial charge in [0.1, 0.15) is 5.97 Å². The quantitative estimate of drug-likeness (QED) is 0.673. The summed E-state index contributed by atoms with van der Waals surface area (Å²) < 4.78 is 1.69. The molecule has 1 heterocycles. The number of hydrogen-bond acceptors (Lipinski definition) is 3. The summed E-state index contributed by atoms with van der Waals surface area (Å²) in [5.41, 5.74) is 4.19. The molecule has 2 aromatic carbocycles. The molecule has 0 aliphatic heterocycles. The number of carboxylic acids is 1. The highest BCUT2D eigenvalue weighted by Crippen LogP contribution is 2.19. The lowest BCUT2D eigenvalue weighted by Crippen LogP contribution is -2.44. The number of hydrogen-bond donors (Lipinski definition) is 0. The standard InChI is InChI=1S/C21H20N2O2/c1-22(2)18-11-8-16(9-12-18)7-10-17-13-14-23(15-21(24)25)20-6-4-3-5-19(17)20/h3-14H,15H2,1-2H3. The van der Waals surface area contributed by atoms with Gasteiger partial charge in [0.15, 0.2) is 12.7 Å². The van der Waals surface area contributed by atoms with Gasteiger partial charge in [0.05, 0.1) is 5.39 Å². The maximum absolute atomic E-state index is 10.9. The molecule has 0 atom stereocenters. The zero-order chi connectivity index (χ0) is 17.8. The van der Waals surface area contributed by atoms with Crippen molar-refractivity contribution in [3.05, 3.63) is 71.9 Å². The number of carbonyl (C=O) groups excluding carboxylic acids is 1. The summed E-state index contributed by atoms with van der Waals surface area (Å²) in [5.74, 6) is -1.10. The van der Waals surface area contributed by atoms with Crippen LogP contribution in [0.3, 0.4) is 0 Å². The summed E-state index contributed by atoms with van der Waals surface area (Å²) >= 11 is 0. The Balaban J connectivity index is 1.95. The van der Waals surface area contributed by atoms with Crippen LogP contribution in [0.25, 0.3) is 23.1 Å². The summed E-state index contributed by atoms with van der Waals surface area (Å²) in [6.45, 7) is -0.156. The Morgan fingerprint density at radius 3 is 2.44 bits per heavy atom. The fourth-order valence-electron chi connectivity index (χ4n) is 2.80. The van der Waals surface area contributed by atoms with Crippen molar-refractivity contribution in [1.82, 2.24) is 0 Å². The lowest BCUT2D eigenvalue weighted by atomic mass is 10.1. The number of aromatic nitrogens is 1. The second-order valence-electron chi connectivity index (χ2n) is 6.11. The highest BCUT2D eigenvalue weighted by molar-refractivity contribution is 5.88. The Bertz CT molecular complexity index is 928. The Hall–Kier alpha value is -3.14.